The molecule has 6 rings (SSSR count). The Morgan fingerprint density at radius 2 is 1.24 bits per heavy atom. The molecule has 0 spiro atoms. The summed E-state index contributed by atoms with van der Waals surface area (Å²) < 4.78 is 7.35. The highest BCUT2D eigenvalue weighted by molar-refractivity contribution is 9.10. The number of halogens is 1. The van der Waals surface area contributed by atoms with Crippen LogP contribution in [0.3, 0.4) is 0 Å². The first-order valence-electron chi connectivity index (χ1n) is 14.1. The second-order valence-corrected chi connectivity index (χ2v) is 10.3. The SMILES string of the molecule is C/C=C\C(=C/C)c1ccc(N(c2ccc(Br)cc2)c2ccc(-c3cccc4c3oc3ccccc34)cc2)cc1.CC. The first-order valence-corrected chi connectivity index (χ1v) is 14.9. The molecule has 0 fully saturated rings. The molecule has 0 bridgehead atoms. The van der Waals surface area contributed by atoms with E-state index in [1.807, 2.05) is 32.9 Å². The van der Waals surface area contributed by atoms with Crippen molar-refractivity contribution < 1.29 is 4.42 Å². The fourth-order valence-corrected chi connectivity index (χ4v) is 5.41. The van der Waals surface area contributed by atoms with Crippen LogP contribution in [0.25, 0.3) is 38.6 Å². The first-order chi connectivity index (χ1) is 20.2. The molecule has 5 aromatic carbocycles. The van der Waals surface area contributed by atoms with Crippen LogP contribution in [-0.4, -0.2) is 0 Å². The van der Waals surface area contributed by atoms with Crippen LogP contribution >= 0.6 is 15.9 Å². The maximum absolute atomic E-state index is 6.30. The monoisotopic (exact) mass is 599 g/mol. The molecule has 0 saturated heterocycles. The summed E-state index contributed by atoms with van der Waals surface area (Å²) in [7, 11) is 0. The Kier molecular flexibility index (Phi) is 8.86. The Morgan fingerprint density at radius 1 is 0.659 bits per heavy atom. The molecule has 2 nitrogen and oxygen atoms in total. The van der Waals surface area contributed by atoms with E-state index in [9.17, 15) is 0 Å². The van der Waals surface area contributed by atoms with Gasteiger partial charge < -0.3 is 9.32 Å². The lowest BCUT2D eigenvalue weighted by molar-refractivity contribution is 0.670. The van der Waals surface area contributed by atoms with Gasteiger partial charge in [-0.05, 0) is 85.1 Å². The average molecular weight is 601 g/mol. The molecule has 0 N–H and O–H groups in total. The molecule has 1 aromatic heterocycles. The topological polar surface area (TPSA) is 16.4 Å². The van der Waals surface area contributed by atoms with Crippen LogP contribution < -0.4 is 4.90 Å². The summed E-state index contributed by atoms with van der Waals surface area (Å²) in [6, 6.07) is 40.5. The van der Waals surface area contributed by atoms with Crippen molar-refractivity contribution in [3.05, 3.63) is 144 Å². The standard InChI is InChI=1S/C36H28BrNO.C2H6/c1-3-8-25(4-2)26-13-19-29(20-14-26)38(31-23-17-28(37)18-24-31)30-21-15-27(16-22-30)32-10-7-11-34-33-9-5-6-12-35(33)39-36(32)34;1-2/h3-24H,1-2H3;1-2H3/b8-3-,25-4+;. The third-order valence-corrected chi connectivity index (χ3v) is 7.57. The minimum absolute atomic E-state index is 0.914. The van der Waals surface area contributed by atoms with Crippen LogP contribution in [0.2, 0.25) is 0 Å². The molecule has 0 aliphatic rings. The Hall–Kier alpha value is -4.34. The molecule has 3 heteroatoms. The third kappa shape index (κ3) is 5.77. The molecule has 0 saturated carbocycles. The van der Waals surface area contributed by atoms with Crippen molar-refractivity contribution >= 4 is 60.5 Å². The van der Waals surface area contributed by atoms with E-state index >= 15 is 0 Å². The van der Waals surface area contributed by atoms with Gasteiger partial charge in [0.25, 0.3) is 0 Å². The average Bonchev–Trinajstić information content (AvgIpc) is 3.42. The van der Waals surface area contributed by atoms with E-state index < -0.39 is 0 Å². The largest absolute Gasteiger partial charge is 0.455 e. The van der Waals surface area contributed by atoms with E-state index in [0.717, 1.165) is 54.6 Å². The number of fused-ring (bicyclic) bond motifs is 3. The van der Waals surface area contributed by atoms with E-state index in [2.05, 4.69) is 149 Å². The van der Waals surface area contributed by atoms with Gasteiger partial charge in [0, 0.05) is 37.9 Å². The number of nitrogens with zero attached hydrogens (tertiary/aromatic N) is 1. The highest BCUT2D eigenvalue weighted by atomic mass is 79.9. The molecule has 0 aliphatic heterocycles. The van der Waals surface area contributed by atoms with Crippen molar-refractivity contribution in [2.45, 2.75) is 27.7 Å². The van der Waals surface area contributed by atoms with Crippen LogP contribution in [0.1, 0.15) is 33.3 Å². The molecular formula is C38H34BrNO. The number of allylic oxidation sites excluding steroid dienone is 4. The van der Waals surface area contributed by atoms with Crippen LogP contribution in [0.15, 0.2) is 142 Å². The van der Waals surface area contributed by atoms with Gasteiger partial charge in [0.05, 0.1) is 0 Å². The second kappa shape index (κ2) is 12.9. The summed E-state index contributed by atoms with van der Waals surface area (Å²) in [5.41, 5.74) is 9.75. The third-order valence-electron chi connectivity index (χ3n) is 7.04. The molecule has 1 heterocycles. The second-order valence-electron chi connectivity index (χ2n) is 9.43. The lowest BCUT2D eigenvalue weighted by Gasteiger charge is -2.26. The molecule has 41 heavy (non-hydrogen) atoms. The molecule has 0 amide bonds. The fraction of sp³-hybridized carbons (Fsp3) is 0.105. The highest BCUT2D eigenvalue weighted by Crippen LogP contribution is 2.39. The maximum Gasteiger partial charge on any atom is 0.143 e. The first kappa shape index (κ1) is 28.2. The number of hydrogen-bond acceptors (Lipinski definition) is 2. The van der Waals surface area contributed by atoms with Crippen LogP contribution in [0.4, 0.5) is 17.1 Å². The smallest absolute Gasteiger partial charge is 0.143 e. The zero-order valence-electron chi connectivity index (χ0n) is 23.9. The number of hydrogen-bond donors (Lipinski definition) is 0. The van der Waals surface area contributed by atoms with E-state index in [-0.39, 0.29) is 0 Å². The molecular weight excluding hydrogens is 566 g/mol. The van der Waals surface area contributed by atoms with E-state index in [0.29, 0.717) is 0 Å². The Morgan fingerprint density at radius 3 is 1.88 bits per heavy atom. The lowest BCUT2D eigenvalue weighted by atomic mass is 10.0. The molecule has 6 aromatic rings. The van der Waals surface area contributed by atoms with Crippen LogP contribution in [0, 0.1) is 0 Å². The van der Waals surface area contributed by atoms with Crippen molar-refractivity contribution in [3.8, 4) is 11.1 Å². The van der Waals surface area contributed by atoms with Gasteiger partial charge >= 0.3 is 0 Å². The zero-order valence-corrected chi connectivity index (χ0v) is 25.5. The summed E-state index contributed by atoms with van der Waals surface area (Å²) in [6.07, 6.45) is 6.36. The van der Waals surface area contributed by atoms with Crippen molar-refractivity contribution in [3.63, 3.8) is 0 Å². The van der Waals surface area contributed by atoms with Gasteiger partial charge in [-0.25, -0.2) is 0 Å². The van der Waals surface area contributed by atoms with E-state index in [4.69, 9.17) is 4.42 Å². The number of anilines is 3. The number of benzene rings is 5. The van der Waals surface area contributed by atoms with Crippen molar-refractivity contribution in [2.24, 2.45) is 0 Å². The van der Waals surface area contributed by atoms with Crippen LogP contribution in [0.5, 0.6) is 0 Å². The molecule has 0 radical (unpaired) electrons. The molecule has 0 atom stereocenters. The summed E-state index contributed by atoms with van der Waals surface area (Å²) in [5.74, 6) is 0. The Balaban J connectivity index is 0.00000165. The fourth-order valence-electron chi connectivity index (χ4n) is 5.14. The predicted octanol–water partition coefficient (Wildman–Crippen LogP) is 12.5. The number of furan rings is 1. The summed E-state index contributed by atoms with van der Waals surface area (Å²) in [4.78, 5) is 2.28. The van der Waals surface area contributed by atoms with E-state index in [1.165, 1.54) is 11.1 Å². The highest BCUT2D eigenvalue weighted by Gasteiger charge is 2.15. The number of para-hydroxylation sites is 2. The lowest BCUT2D eigenvalue weighted by Crippen LogP contribution is -2.09. The summed E-state index contributed by atoms with van der Waals surface area (Å²) >= 11 is 3.58. The van der Waals surface area contributed by atoms with Gasteiger partial charge in [-0.3, -0.25) is 0 Å². The van der Waals surface area contributed by atoms with Crippen molar-refractivity contribution in [2.75, 3.05) is 4.90 Å². The van der Waals surface area contributed by atoms with Gasteiger partial charge in [-0.15, -0.1) is 0 Å². The minimum atomic E-state index is 0.914. The summed E-state index contributed by atoms with van der Waals surface area (Å²) in [6.45, 7) is 8.12. The number of rotatable bonds is 6. The summed E-state index contributed by atoms with van der Waals surface area (Å²) in [5, 5.41) is 2.29. The maximum atomic E-state index is 6.30. The predicted molar refractivity (Wildman–Crippen MR) is 181 cm³/mol. The molecule has 0 aliphatic carbocycles. The van der Waals surface area contributed by atoms with Gasteiger partial charge in [0.1, 0.15) is 11.2 Å². The Labute approximate surface area is 251 Å². The zero-order chi connectivity index (χ0) is 28.8. The van der Waals surface area contributed by atoms with Gasteiger partial charge in [0.2, 0.25) is 0 Å². The van der Waals surface area contributed by atoms with E-state index in [1.54, 1.807) is 0 Å². The van der Waals surface area contributed by atoms with Crippen molar-refractivity contribution in [1.29, 1.82) is 0 Å². The van der Waals surface area contributed by atoms with Gasteiger partial charge in [0.15, 0.2) is 0 Å². The van der Waals surface area contributed by atoms with Gasteiger partial charge in [-0.1, -0.05) is 109 Å². The molecule has 0 unspecified atom stereocenters. The minimum Gasteiger partial charge on any atom is -0.455 e. The Bertz CT molecular complexity index is 1810. The quantitative estimate of drug-likeness (QED) is 0.177. The normalized spacial score (nSPS) is 11.6. The van der Waals surface area contributed by atoms with Crippen molar-refractivity contribution in [1.82, 2.24) is 0 Å². The van der Waals surface area contributed by atoms with Gasteiger partial charge in [-0.2, -0.15) is 0 Å². The molecule has 204 valence electrons. The van der Waals surface area contributed by atoms with Crippen LogP contribution in [-0.2, 0) is 0 Å².